The van der Waals surface area contributed by atoms with Crippen molar-refractivity contribution in [2.75, 3.05) is 0 Å². The van der Waals surface area contributed by atoms with Crippen molar-refractivity contribution < 1.29 is 5.11 Å². The molecule has 19 heavy (non-hydrogen) atoms. The van der Waals surface area contributed by atoms with E-state index >= 15 is 0 Å². The molecule has 0 unspecified atom stereocenters. The van der Waals surface area contributed by atoms with Gasteiger partial charge in [-0.05, 0) is 29.0 Å². The van der Waals surface area contributed by atoms with E-state index in [4.69, 9.17) is 0 Å². The summed E-state index contributed by atoms with van der Waals surface area (Å²) in [7, 11) is 0. The summed E-state index contributed by atoms with van der Waals surface area (Å²) in [5.41, 5.74) is 3.00. The first-order valence-electron chi connectivity index (χ1n) is 5.31. The molecule has 2 aromatic heterocycles. The molecular formula is C12H10ClN5O. The van der Waals surface area contributed by atoms with Gasteiger partial charge in [-0.15, -0.1) is 22.6 Å². The van der Waals surface area contributed by atoms with Crippen molar-refractivity contribution >= 4 is 12.4 Å². The molecule has 0 aliphatic heterocycles. The second kappa shape index (κ2) is 5.45. The molecule has 0 aliphatic carbocycles. The zero-order valence-electron chi connectivity index (χ0n) is 9.69. The number of phenols is 1. The van der Waals surface area contributed by atoms with Gasteiger partial charge in [0.15, 0.2) is 0 Å². The van der Waals surface area contributed by atoms with Crippen molar-refractivity contribution in [3.8, 4) is 28.1 Å². The van der Waals surface area contributed by atoms with Gasteiger partial charge in [-0.25, -0.2) is 0 Å². The first-order chi connectivity index (χ1) is 8.84. The van der Waals surface area contributed by atoms with Crippen molar-refractivity contribution in [2.45, 2.75) is 0 Å². The zero-order chi connectivity index (χ0) is 12.4. The lowest BCUT2D eigenvalue weighted by atomic mass is 10.0. The van der Waals surface area contributed by atoms with Crippen molar-refractivity contribution in [1.82, 2.24) is 25.6 Å². The average Bonchev–Trinajstić information content (AvgIpc) is 2.93. The Balaban J connectivity index is 0.00000133. The summed E-state index contributed by atoms with van der Waals surface area (Å²) in [6, 6.07) is 7.05. The normalized spacial score (nSPS) is 9.89. The van der Waals surface area contributed by atoms with E-state index in [0.29, 0.717) is 11.3 Å². The van der Waals surface area contributed by atoms with Crippen molar-refractivity contribution in [3.63, 3.8) is 0 Å². The van der Waals surface area contributed by atoms with Crippen molar-refractivity contribution in [3.05, 3.63) is 42.9 Å². The summed E-state index contributed by atoms with van der Waals surface area (Å²) in [6.07, 6.45) is 4.99. The van der Waals surface area contributed by atoms with Crippen LogP contribution in [0.25, 0.3) is 22.4 Å². The third kappa shape index (κ3) is 2.53. The number of hydrogen-bond donors (Lipinski definition) is 2. The van der Waals surface area contributed by atoms with Gasteiger partial charge in [0.25, 0.3) is 0 Å². The molecule has 0 atom stereocenters. The maximum absolute atomic E-state index is 10.0. The van der Waals surface area contributed by atoms with Gasteiger partial charge in [-0.1, -0.05) is 6.07 Å². The number of phenolic OH excluding ortho intramolecular Hbond substituents is 1. The maximum Gasteiger partial charge on any atom is 0.125 e. The first kappa shape index (κ1) is 13.0. The molecule has 3 rings (SSSR count). The fourth-order valence-electron chi connectivity index (χ4n) is 1.72. The smallest absolute Gasteiger partial charge is 0.125 e. The molecule has 2 heterocycles. The quantitative estimate of drug-likeness (QED) is 0.747. The summed E-state index contributed by atoms with van der Waals surface area (Å²) in [6.45, 7) is 0. The first-order valence-corrected chi connectivity index (χ1v) is 5.31. The number of aromatic nitrogens is 5. The van der Waals surface area contributed by atoms with Crippen LogP contribution in [0, 0.1) is 0 Å². The van der Waals surface area contributed by atoms with Crippen LogP contribution in [-0.4, -0.2) is 30.7 Å². The van der Waals surface area contributed by atoms with Gasteiger partial charge >= 0.3 is 0 Å². The highest BCUT2D eigenvalue weighted by Gasteiger charge is 2.08. The monoisotopic (exact) mass is 275 g/mol. The molecule has 0 spiro atoms. The van der Waals surface area contributed by atoms with Gasteiger partial charge in [0.1, 0.15) is 5.75 Å². The molecule has 2 N–H and O–H groups in total. The summed E-state index contributed by atoms with van der Waals surface area (Å²) in [5.74, 6) is 0.147. The SMILES string of the molecule is Cl.Oc1cc(-c2cn[nH]c2)ccc1-c1ccnnn1. The predicted molar refractivity (Wildman–Crippen MR) is 71.8 cm³/mol. The van der Waals surface area contributed by atoms with Crippen LogP contribution in [0.3, 0.4) is 0 Å². The number of aromatic amines is 1. The highest BCUT2D eigenvalue weighted by Crippen LogP contribution is 2.31. The molecule has 7 heteroatoms. The Kier molecular flexibility index (Phi) is 3.72. The van der Waals surface area contributed by atoms with E-state index in [1.165, 1.54) is 6.20 Å². The molecule has 0 fully saturated rings. The van der Waals surface area contributed by atoms with Crippen LogP contribution in [0.4, 0.5) is 0 Å². The molecule has 3 aromatic rings. The number of nitrogens with zero attached hydrogens (tertiary/aromatic N) is 4. The van der Waals surface area contributed by atoms with E-state index in [2.05, 4.69) is 25.6 Å². The van der Waals surface area contributed by atoms with E-state index in [1.807, 2.05) is 6.07 Å². The Morgan fingerprint density at radius 2 is 2.00 bits per heavy atom. The van der Waals surface area contributed by atoms with E-state index in [1.54, 1.807) is 30.6 Å². The highest BCUT2D eigenvalue weighted by atomic mass is 35.5. The van der Waals surface area contributed by atoms with Gasteiger partial charge < -0.3 is 5.11 Å². The molecule has 0 saturated carbocycles. The van der Waals surface area contributed by atoms with Crippen molar-refractivity contribution in [1.29, 1.82) is 0 Å². The number of nitrogens with one attached hydrogen (secondary N) is 1. The van der Waals surface area contributed by atoms with Gasteiger partial charge in [-0.2, -0.15) is 5.10 Å². The van der Waals surface area contributed by atoms with E-state index < -0.39 is 0 Å². The lowest BCUT2D eigenvalue weighted by molar-refractivity contribution is 0.477. The van der Waals surface area contributed by atoms with Gasteiger partial charge in [0.2, 0.25) is 0 Å². The van der Waals surface area contributed by atoms with E-state index in [-0.39, 0.29) is 18.2 Å². The molecular weight excluding hydrogens is 266 g/mol. The second-order valence-corrected chi connectivity index (χ2v) is 3.72. The molecule has 0 radical (unpaired) electrons. The topological polar surface area (TPSA) is 87.6 Å². The van der Waals surface area contributed by atoms with Gasteiger partial charge in [0, 0.05) is 17.3 Å². The van der Waals surface area contributed by atoms with E-state index in [0.717, 1.165) is 11.1 Å². The average molecular weight is 276 g/mol. The third-order valence-electron chi connectivity index (χ3n) is 2.61. The van der Waals surface area contributed by atoms with Crippen LogP contribution in [-0.2, 0) is 0 Å². The Morgan fingerprint density at radius 1 is 1.11 bits per heavy atom. The van der Waals surface area contributed by atoms with Crippen LogP contribution >= 0.6 is 12.4 Å². The maximum atomic E-state index is 10.0. The highest BCUT2D eigenvalue weighted by molar-refractivity contribution is 5.85. The van der Waals surface area contributed by atoms with Gasteiger partial charge in [0.05, 0.1) is 18.1 Å². The standard InChI is InChI=1S/C12H9N5O.ClH/c18-12-5-8(9-6-14-15-7-9)1-2-10(12)11-3-4-13-17-16-11;/h1-7,18H,(H,14,15);1H. The van der Waals surface area contributed by atoms with Crippen molar-refractivity contribution in [2.24, 2.45) is 0 Å². The molecule has 0 aliphatic rings. The Morgan fingerprint density at radius 3 is 2.63 bits per heavy atom. The minimum atomic E-state index is 0. The van der Waals surface area contributed by atoms with Gasteiger partial charge in [-0.3, -0.25) is 5.10 Å². The largest absolute Gasteiger partial charge is 0.507 e. The zero-order valence-corrected chi connectivity index (χ0v) is 10.5. The Bertz CT molecular complexity index is 657. The number of aromatic hydroxyl groups is 1. The van der Waals surface area contributed by atoms with Crippen LogP contribution < -0.4 is 0 Å². The molecule has 96 valence electrons. The number of H-pyrrole nitrogens is 1. The number of halogens is 1. The van der Waals surface area contributed by atoms with Crippen LogP contribution in [0.2, 0.25) is 0 Å². The summed E-state index contributed by atoms with van der Waals surface area (Å²) in [4.78, 5) is 0. The molecule has 6 nitrogen and oxygen atoms in total. The second-order valence-electron chi connectivity index (χ2n) is 3.72. The lowest BCUT2D eigenvalue weighted by Crippen LogP contribution is -1.89. The molecule has 0 bridgehead atoms. The number of hydrogen-bond acceptors (Lipinski definition) is 5. The lowest BCUT2D eigenvalue weighted by Gasteiger charge is -2.04. The summed E-state index contributed by atoms with van der Waals surface area (Å²) >= 11 is 0. The molecule has 0 saturated heterocycles. The minimum Gasteiger partial charge on any atom is -0.507 e. The number of rotatable bonds is 2. The summed E-state index contributed by atoms with van der Waals surface area (Å²) < 4.78 is 0. The molecule has 0 amide bonds. The fourth-order valence-corrected chi connectivity index (χ4v) is 1.72. The molecule has 1 aromatic carbocycles. The fraction of sp³-hybridized carbons (Fsp3) is 0. The van der Waals surface area contributed by atoms with E-state index in [9.17, 15) is 5.11 Å². The number of benzene rings is 1. The summed E-state index contributed by atoms with van der Waals surface area (Å²) in [5, 5.41) is 27.6. The Labute approximate surface area is 114 Å². The minimum absolute atomic E-state index is 0. The third-order valence-corrected chi connectivity index (χ3v) is 2.61. The van der Waals surface area contributed by atoms with Crippen LogP contribution in [0.1, 0.15) is 0 Å². The Hall–Kier alpha value is -2.47. The predicted octanol–water partition coefficient (Wildman–Crippen LogP) is 2.06. The van der Waals surface area contributed by atoms with Crippen LogP contribution in [0.5, 0.6) is 5.75 Å². The van der Waals surface area contributed by atoms with Crippen LogP contribution in [0.15, 0.2) is 42.9 Å².